The van der Waals surface area contributed by atoms with E-state index in [1.54, 1.807) is 6.33 Å². The van der Waals surface area contributed by atoms with Crippen LogP contribution in [0.5, 0.6) is 0 Å². The van der Waals surface area contributed by atoms with Gasteiger partial charge in [-0.2, -0.15) is 0 Å². The lowest BCUT2D eigenvalue weighted by molar-refractivity contribution is -0.137. The number of carbonyl (C=O) groups is 1. The highest BCUT2D eigenvalue weighted by Crippen LogP contribution is 2.47. The standard InChI is InChI=1S/C20H26N4O/c25-20(19(23-3-1-2-4-23)10-17-11-21-13-22-17)24-12-16-6-14-5-15(7-16)9-18(24)8-14/h1-4,11,13-16,18-19H,5-10,12H2,(H,21,22)/t14-,15?,16?,18?,19?/m0/s1. The van der Waals surface area contributed by atoms with Crippen LogP contribution in [0.3, 0.4) is 0 Å². The molecule has 1 amide bonds. The van der Waals surface area contributed by atoms with Crippen molar-refractivity contribution in [1.29, 1.82) is 0 Å². The van der Waals surface area contributed by atoms with E-state index >= 15 is 0 Å². The van der Waals surface area contributed by atoms with Crippen LogP contribution in [0, 0.1) is 17.8 Å². The van der Waals surface area contributed by atoms with Crippen LogP contribution in [0.1, 0.15) is 43.8 Å². The van der Waals surface area contributed by atoms with Gasteiger partial charge in [0.25, 0.3) is 0 Å². The maximum absolute atomic E-state index is 13.6. The van der Waals surface area contributed by atoms with Gasteiger partial charge in [0.05, 0.1) is 6.33 Å². The first kappa shape index (κ1) is 15.2. The minimum atomic E-state index is -0.175. The summed E-state index contributed by atoms with van der Waals surface area (Å²) in [5, 5.41) is 0. The summed E-state index contributed by atoms with van der Waals surface area (Å²) in [7, 11) is 0. The van der Waals surface area contributed by atoms with E-state index in [4.69, 9.17) is 0 Å². The van der Waals surface area contributed by atoms with Crippen LogP contribution in [0.2, 0.25) is 0 Å². The van der Waals surface area contributed by atoms with Crippen molar-refractivity contribution < 1.29 is 4.79 Å². The van der Waals surface area contributed by atoms with E-state index in [0.29, 0.717) is 18.4 Å². The van der Waals surface area contributed by atoms with Gasteiger partial charge in [-0.1, -0.05) is 0 Å². The predicted molar refractivity (Wildman–Crippen MR) is 94.8 cm³/mol. The summed E-state index contributed by atoms with van der Waals surface area (Å²) < 4.78 is 2.07. The Morgan fingerprint density at radius 1 is 1.12 bits per heavy atom. The first-order chi connectivity index (χ1) is 12.3. The van der Waals surface area contributed by atoms with Gasteiger partial charge in [0.1, 0.15) is 6.04 Å². The Hall–Kier alpha value is -2.04. The Morgan fingerprint density at radius 2 is 1.84 bits per heavy atom. The number of imidazole rings is 1. The zero-order valence-electron chi connectivity index (χ0n) is 14.6. The van der Waals surface area contributed by atoms with E-state index in [9.17, 15) is 4.79 Å². The summed E-state index contributed by atoms with van der Waals surface area (Å²) in [6.07, 6.45) is 14.8. The number of nitrogens with one attached hydrogen (secondary N) is 1. The van der Waals surface area contributed by atoms with Gasteiger partial charge >= 0.3 is 0 Å². The smallest absolute Gasteiger partial charge is 0.246 e. The van der Waals surface area contributed by atoms with Gasteiger partial charge in [-0.05, 0) is 62.0 Å². The van der Waals surface area contributed by atoms with Crippen LogP contribution in [-0.2, 0) is 11.2 Å². The molecule has 0 spiro atoms. The number of fused-ring (bicyclic) bond motifs is 1. The van der Waals surface area contributed by atoms with Crippen LogP contribution in [0.4, 0.5) is 0 Å². The zero-order valence-corrected chi connectivity index (χ0v) is 14.6. The molecule has 4 unspecified atom stereocenters. The highest BCUT2D eigenvalue weighted by molar-refractivity contribution is 5.81. The van der Waals surface area contributed by atoms with Crippen molar-refractivity contribution >= 4 is 5.91 Å². The monoisotopic (exact) mass is 338 g/mol. The molecule has 0 radical (unpaired) electrons. The fraction of sp³-hybridized carbons (Fsp3) is 0.600. The molecule has 5 atom stereocenters. The van der Waals surface area contributed by atoms with Gasteiger partial charge in [0, 0.05) is 43.3 Å². The largest absolute Gasteiger partial charge is 0.348 e. The predicted octanol–water partition coefficient (Wildman–Crippen LogP) is 3.03. The molecule has 5 nitrogen and oxygen atoms in total. The molecule has 1 N–H and O–H groups in total. The van der Waals surface area contributed by atoms with Crippen LogP contribution in [0.25, 0.3) is 0 Å². The first-order valence-electron chi connectivity index (χ1n) is 9.66. The maximum atomic E-state index is 13.6. The molecule has 2 saturated heterocycles. The fourth-order valence-corrected chi connectivity index (χ4v) is 5.73. The van der Waals surface area contributed by atoms with Gasteiger partial charge < -0.3 is 14.5 Å². The Balaban J connectivity index is 1.43. The van der Waals surface area contributed by atoms with Crippen molar-refractivity contribution in [3.05, 3.63) is 42.7 Å². The Bertz CT molecular complexity index is 709. The molecule has 2 aliphatic heterocycles. The first-order valence-corrected chi connectivity index (χ1v) is 9.66. The number of H-pyrrole nitrogens is 1. The highest BCUT2D eigenvalue weighted by atomic mass is 16.2. The second-order valence-electron chi connectivity index (χ2n) is 8.35. The molecular formula is C20H26N4O. The number of carbonyl (C=O) groups excluding carboxylic acids is 1. The van der Waals surface area contributed by atoms with Gasteiger partial charge in [-0.3, -0.25) is 4.79 Å². The Labute approximate surface area is 148 Å². The maximum Gasteiger partial charge on any atom is 0.246 e. The van der Waals surface area contributed by atoms with E-state index in [0.717, 1.165) is 30.0 Å². The van der Waals surface area contributed by atoms with Crippen molar-refractivity contribution in [1.82, 2.24) is 19.4 Å². The second-order valence-corrected chi connectivity index (χ2v) is 8.35. The lowest BCUT2D eigenvalue weighted by atomic mass is 9.68. The lowest BCUT2D eigenvalue weighted by Gasteiger charge is -2.39. The third-order valence-electron chi connectivity index (χ3n) is 6.63. The molecule has 132 valence electrons. The molecule has 6 rings (SSSR count). The highest BCUT2D eigenvalue weighted by Gasteiger charge is 2.45. The van der Waals surface area contributed by atoms with Crippen molar-refractivity contribution in [2.45, 2.75) is 50.6 Å². The molecule has 0 aromatic carbocycles. The molecule has 4 bridgehead atoms. The van der Waals surface area contributed by atoms with E-state index in [-0.39, 0.29) is 6.04 Å². The van der Waals surface area contributed by atoms with Gasteiger partial charge in [-0.25, -0.2) is 4.98 Å². The summed E-state index contributed by atoms with van der Waals surface area (Å²) in [4.78, 5) is 23.2. The SMILES string of the molecule is O=C(C(Cc1cnc[nH]1)n1cccc1)N1CC2CC3CC1C[C@@H](C3)C2. The van der Waals surface area contributed by atoms with Crippen molar-refractivity contribution in [2.24, 2.45) is 17.8 Å². The molecule has 5 heteroatoms. The number of hydrogen-bond acceptors (Lipinski definition) is 2. The van der Waals surface area contributed by atoms with Gasteiger partial charge in [0.15, 0.2) is 0 Å². The molecule has 4 aliphatic rings. The van der Waals surface area contributed by atoms with Crippen molar-refractivity contribution in [3.63, 3.8) is 0 Å². The molecule has 4 fully saturated rings. The second kappa shape index (κ2) is 6.04. The topological polar surface area (TPSA) is 53.9 Å². The van der Waals surface area contributed by atoms with Crippen molar-refractivity contribution in [3.8, 4) is 0 Å². The van der Waals surface area contributed by atoms with Gasteiger partial charge in [-0.15, -0.1) is 0 Å². The molecule has 2 aromatic rings. The van der Waals surface area contributed by atoms with Crippen LogP contribution in [-0.4, -0.2) is 37.9 Å². The van der Waals surface area contributed by atoms with Gasteiger partial charge in [0.2, 0.25) is 5.91 Å². The molecular weight excluding hydrogens is 312 g/mol. The number of hydrogen-bond donors (Lipinski definition) is 1. The number of nitrogens with zero attached hydrogens (tertiary/aromatic N) is 3. The zero-order chi connectivity index (χ0) is 16.8. The fourth-order valence-electron chi connectivity index (χ4n) is 5.73. The summed E-state index contributed by atoms with van der Waals surface area (Å²) in [6.45, 7) is 0.969. The number of amides is 1. The summed E-state index contributed by atoms with van der Waals surface area (Å²) in [6, 6.07) is 4.29. The summed E-state index contributed by atoms with van der Waals surface area (Å²) in [5.74, 6) is 2.73. The number of aromatic amines is 1. The number of aromatic nitrogens is 3. The van der Waals surface area contributed by atoms with E-state index in [1.165, 1.54) is 32.1 Å². The minimum Gasteiger partial charge on any atom is -0.348 e. The summed E-state index contributed by atoms with van der Waals surface area (Å²) in [5.41, 5.74) is 1.02. The normalized spacial score (nSPS) is 31.9. The molecule has 4 heterocycles. The third-order valence-corrected chi connectivity index (χ3v) is 6.63. The molecule has 2 aromatic heterocycles. The van der Waals surface area contributed by atoms with Crippen LogP contribution >= 0.6 is 0 Å². The van der Waals surface area contributed by atoms with E-state index < -0.39 is 0 Å². The lowest BCUT2D eigenvalue weighted by Crippen LogP contribution is -2.45. The molecule has 2 aliphatic carbocycles. The Kier molecular flexibility index (Phi) is 3.68. The summed E-state index contributed by atoms with van der Waals surface area (Å²) >= 11 is 0. The van der Waals surface area contributed by atoms with E-state index in [1.807, 2.05) is 30.7 Å². The minimum absolute atomic E-state index is 0.175. The average molecular weight is 338 g/mol. The Morgan fingerprint density at radius 3 is 2.52 bits per heavy atom. The van der Waals surface area contributed by atoms with E-state index in [2.05, 4.69) is 19.4 Å². The third kappa shape index (κ3) is 2.79. The molecule has 25 heavy (non-hydrogen) atoms. The van der Waals surface area contributed by atoms with Crippen molar-refractivity contribution in [2.75, 3.05) is 6.54 Å². The average Bonchev–Trinajstić information content (AvgIpc) is 3.26. The van der Waals surface area contributed by atoms with Crippen LogP contribution < -0.4 is 0 Å². The number of rotatable bonds is 4. The molecule has 2 saturated carbocycles. The van der Waals surface area contributed by atoms with Crippen LogP contribution in [0.15, 0.2) is 37.1 Å². The quantitative estimate of drug-likeness (QED) is 0.931.